The normalized spacial score (nSPS) is 16.7. The van der Waals surface area contributed by atoms with Crippen molar-refractivity contribution in [1.29, 1.82) is 0 Å². The fraction of sp³-hybridized carbons (Fsp3) is 0.455. The maximum absolute atomic E-state index is 12.1. The first-order chi connectivity index (χ1) is 17.3. The number of likely N-dealkylation sites (tertiary alicyclic amines) is 1. The van der Waals surface area contributed by atoms with Crippen molar-refractivity contribution in [2.45, 2.75) is 70.0 Å². The Morgan fingerprint density at radius 2 is 1.28 bits per heavy atom. The van der Waals surface area contributed by atoms with Crippen molar-refractivity contribution in [1.82, 2.24) is 4.90 Å². The van der Waals surface area contributed by atoms with E-state index < -0.39 is 11.7 Å². The molecule has 3 aromatic rings. The van der Waals surface area contributed by atoms with Gasteiger partial charge in [-0.3, -0.25) is 0 Å². The summed E-state index contributed by atoms with van der Waals surface area (Å²) in [6, 6.07) is 28.8. The molecule has 1 unspecified atom stereocenters. The molecule has 1 aliphatic rings. The van der Waals surface area contributed by atoms with Crippen LogP contribution in [0.4, 0.5) is 0 Å². The molecule has 3 nitrogen and oxygen atoms in total. The van der Waals surface area contributed by atoms with E-state index in [4.69, 9.17) is 0 Å². The van der Waals surface area contributed by atoms with E-state index in [1.54, 1.807) is 0 Å². The second-order valence-electron chi connectivity index (χ2n) is 11.5. The molecule has 0 radical (unpaired) electrons. The van der Waals surface area contributed by atoms with Crippen molar-refractivity contribution in [3.05, 3.63) is 107 Å². The maximum Gasteiger partial charge on any atom is 0.117 e. The highest BCUT2D eigenvalue weighted by Crippen LogP contribution is 2.42. The Balaban J connectivity index is 1.27. The molecule has 36 heavy (non-hydrogen) atoms. The van der Waals surface area contributed by atoms with Gasteiger partial charge in [-0.1, -0.05) is 106 Å². The Bertz CT molecular complexity index is 1010. The zero-order valence-electron chi connectivity index (χ0n) is 22.2. The van der Waals surface area contributed by atoms with Crippen LogP contribution in [0.25, 0.3) is 0 Å². The number of nitrogens with zero attached hydrogens (tertiary/aromatic N) is 1. The Kier molecular flexibility index (Phi) is 8.66. The first-order valence-corrected chi connectivity index (χ1v) is 13.6. The lowest BCUT2D eigenvalue weighted by Gasteiger charge is -2.42. The molecule has 1 fully saturated rings. The Labute approximate surface area is 217 Å². The molecule has 4 rings (SSSR count). The number of unbranched alkanes of at least 4 members (excludes halogenated alkanes) is 1. The van der Waals surface area contributed by atoms with Gasteiger partial charge in [-0.2, -0.15) is 0 Å². The smallest absolute Gasteiger partial charge is 0.117 e. The van der Waals surface area contributed by atoms with Gasteiger partial charge in [0.15, 0.2) is 0 Å². The number of aliphatic hydroxyl groups is 2. The van der Waals surface area contributed by atoms with Crippen LogP contribution in [-0.2, 0) is 11.0 Å². The zero-order valence-corrected chi connectivity index (χ0v) is 22.2. The van der Waals surface area contributed by atoms with Crippen LogP contribution in [0.5, 0.6) is 0 Å². The third-order valence-electron chi connectivity index (χ3n) is 7.97. The molecule has 0 aromatic heterocycles. The molecule has 1 aliphatic heterocycles. The van der Waals surface area contributed by atoms with Crippen LogP contribution in [0.2, 0.25) is 0 Å². The molecule has 3 heteroatoms. The minimum absolute atomic E-state index is 0.134. The van der Waals surface area contributed by atoms with Crippen molar-refractivity contribution in [2.24, 2.45) is 5.92 Å². The first kappa shape index (κ1) is 26.6. The number of hydrogen-bond acceptors (Lipinski definition) is 3. The van der Waals surface area contributed by atoms with Crippen molar-refractivity contribution >= 4 is 0 Å². The van der Waals surface area contributed by atoms with Crippen LogP contribution in [0, 0.1) is 5.92 Å². The highest BCUT2D eigenvalue weighted by molar-refractivity contribution is 5.37. The van der Waals surface area contributed by atoms with Crippen LogP contribution < -0.4 is 0 Å². The van der Waals surface area contributed by atoms with Gasteiger partial charge >= 0.3 is 0 Å². The summed E-state index contributed by atoms with van der Waals surface area (Å²) in [5.74, 6) is 0.191. The standard InChI is InChI=1S/C33H43NO2/c1-32(2,3)27-19-17-26(18-20-27)31(35)16-10-11-23-34-24-21-30(22-25-34)33(36,28-12-6-4-7-13-28)29-14-8-5-9-15-29/h4-9,12-15,17-20,30-31,35-36H,10-11,16,21-25H2,1-3H3. The van der Waals surface area contributed by atoms with E-state index in [0.717, 1.165) is 68.4 Å². The molecule has 3 aromatic carbocycles. The monoisotopic (exact) mass is 485 g/mol. The molecular weight excluding hydrogens is 442 g/mol. The third-order valence-corrected chi connectivity index (χ3v) is 7.97. The minimum Gasteiger partial charge on any atom is -0.388 e. The average Bonchev–Trinajstić information content (AvgIpc) is 2.91. The van der Waals surface area contributed by atoms with Crippen LogP contribution in [0.15, 0.2) is 84.9 Å². The topological polar surface area (TPSA) is 43.7 Å². The van der Waals surface area contributed by atoms with Gasteiger partial charge in [0.2, 0.25) is 0 Å². The summed E-state index contributed by atoms with van der Waals surface area (Å²) in [7, 11) is 0. The molecule has 0 bridgehead atoms. The lowest BCUT2D eigenvalue weighted by atomic mass is 9.72. The Hall–Kier alpha value is -2.46. The predicted octanol–water partition coefficient (Wildman–Crippen LogP) is 6.84. The van der Waals surface area contributed by atoms with E-state index in [0.29, 0.717) is 0 Å². The van der Waals surface area contributed by atoms with E-state index in [-0.39, 0.29) is 11.3 Å². The van der Waals surface area contributed by atoms with E-state index in [1.807, 2.05) is 36.4 Å². The molecule has 1 atom stereocenters. The van der Waals surface area contributed by atoms with E-state index >= 15 is 0 Å². The average molecular weight is 486 g/mol. The number of benzene rings is 3. The molecule has 0 saturated carbocycles. The van der Waals surface area contributed by atoms with Gasteiger partial charge in [-0.25, -0.2) is 0 Å². The largest absolute Gasteiger partial charge is 0.388 e. The molecular formula is C33H43NO2. The Morgan fingerprint density at radius 3 is 1.78 bits per heavy atom. The van der Waals surface area contributed by atoms with Gasteiger partial charge in [-0.05, 0) is 85.3 Å². The molecule has 0 aliphatic carbocycles. The second kappa shape index (κ2) is 11.7. The van der Waals surface area contributed by atoms with Gasteiger partial charge in [0, 0.05) is 0 Å². The molecule has 2 N–H and O–H groups in total. The summed E-state index contributed by atoms with van der Waals surface area (Å²) in [6.07, 6.45) is 4.46. The molecule has 1 saturated heterocycles. The fourth-order valence-electron chi connectivity index (χ4n) is 5.64. The molecule has 1 heterocycles. The summed E-state index contributed by atoms with van der Waals surface area (Å²) in [4.78, 5) is 2.53. The Morgan fingerprint density at radius 1 is 0.750 bits per heavy atom. The lowest BCUT2D eigenvalue weighted by Crippen LogP contribution is -2.44. The number of rotatable bonds is 9. The van der Waals surface area contributed by atoms with Crippen LogP contribution in [0.3, 0.4) is 0 Å². The minimum atomic E-state index is -0.957. The van der Waals surface area contributed by atoms with Gasteiger partial charge in [0.1, 0.15) is 5.60 Å². The molecule has 192 valence electrons. The fourth-order valence-corrected chi connectivity index (χ4v) is 5.64. The van der Waals surface area contributed by atoms with Crippen molar-refractivity contribution in [2.75, 3.05) is 19.6 Å². The van der Waals surface area contributed by atoms with E-state index in [2.05, 4.69) is 74.2 Å². The summed E-state index contributed by atoms with van der Waals surface area (Å²) in [5, 5.41) is 22.7. The summed E-state index contributed by atoms with van der Waals surface area (Å²) in [5.41, 5.74) is 3.47. The second-order valence-corrected chi connectivity index (χ2v) is 11.5. The predicted molar refractivity (Wildman–Crippen MR) is 149 cm³/mol. The SMILES string of the molecule is CC(C)(C)c1ccc(C(O)CCCCN2CCC(C(O)(c3ccccc3)c3ccccc3)CC2)cc1. The number of aliphatic hydroxyl groups excluding tert-OH is 1. The van der Waals surface area contributed by atoms with Crippen LogP contribution in [-0.4, -0.2) is 34.7 Å². The van der Waals surface area contributed by atoms with Gasteiger partial charge in [0.05, 0.1) is 6.10 Å². The van der Waals surface area contributed by atoms with Gasteiger partial charge in [0.25, 0.3) is 0 Å². The third kappa shape index (κ3) is 6.26. The lowest BCUT2D eigenvalue weighted by molar-refractivity contribution is -0.0144. The highest BCUT2D eigenvalue weighted by Gasteiger charge is 2.41. The van der Waals surface area contributed by atoms with Crippen LogP contribution in [0.1, 0.15) is 81.2 Å². The molecule has 0 amide bonds. The first-order valence-electron chi connectivity index (χ1n) is 13.6. The number of piperidine rings is 1. The molecule has 0 spiro atoms. The van der Waals surface area contributed by atoms with Crippen LogP contribution >= 0.6 is 0 Å². The zero-order chi connectivity index (χ0) is 25.6. The van der Waals surface area contributed by atoms with Gasteiger partial charge < -0.3 is 15.1 Å². The van der Waals surface area contributed by atoms with Crippen molar-refractivity contribution < 1.29 is 10.2 Å². The highest BCUT2D eigenvalue weighted by atomic mass is 16.3. The van der Waals surface area contributed by atoms with E-state index in [9.17, 15) is 10.2 Å². The summed E-state index contributed by atoms with van der Waals surface area (Å²) in [6.45, 7) is 9.70. The maximum atomic E-state index is 12.1. The summed E-state index contributed by atoms with van der Waals surface area (Å²) >= 11 is 0. The van der Waals surface area contributed by atoms with Crippen molar-refractivity contribution in [3.8, 4) is 0 Å². The quantitative estimate of drug-likeness (QED) is 0.326. The van der Waals surface area contributed by atoms with Gasteiger partial charge in [-0.15, -0.1) is 0 Å². The number of hydrogen-bond donors (Lipinski definition) is 2. The summed E-state index contributed by atoms with van der Waals surface area (Å²) < 4.78 is 0. The van der Waals surface area contributed by atoms with Crippen molar-refractivity contribution in [3.63, 3.8) is 0 Å². The van der Waals surface area contributed by atoms with E-state index in [1.165, 1.54) is 5.56 Å².